The third-order valence-corrected chi connectivity index (χ3v) is 6.31. The number of fused-ring (bicyclic) bond motifs is 2. The molecular formula is C25H29Cl2F3N6O2. The molecule has 1 fully saturated rings. The molecule has 4 aromatic rings. The van der Waals surface area contributed by atoms with E-state index in [1.54, 1.807) is 23.6 Å². The van der Waals surface area contributed by atoms with Gasteiger partial charge in [0.05, 0.1) is 6.61 Å². The Hall–Kier alpha value is -2.70. The van der Waals surface area contributed by atoms with E-state index in [9.17, 15) is 13.2 Å². The number of rotatable bonds is 7. The van der Waals surface area contributed by atoms with Crippen LogP contribution in [0.15, 0.2) is 48.7 Å². The van der Waals surface area contributed by atoms with Crippen LogP contribution in [0.25, 0.3) is 28.1 Å². The maximum Gasteiger partial charge on any atom is 0.408 e. The summed E-state index contributed by atoms with van der Waals surface area (Å²) in [7, 11) is 1.60. The first-order valence-electron chi connectivity index (χ1n) is 11.7. The highest BCUT2D eigenvalue weighted by molar-refractivity contribution is 5.86. The Morgan fingerprint density at radius 2 is 1.89 bits per heavy atom. The number of pyridine rings is 2. The quantitative estimate of drug-likeness (QED) is 0.339. The van der Waals surface area contributed by atoms with Crippen LogP contribution in [0, 0.1) is 0 Å². The second-order valence-corrected chi connectivity index (χ2v) is 9.11. The predicted molar refractivity (Wildman–Crippen MR) is 143 cm³/mol. The lowest BCUT2D eigenvalue weighted by atomic mass is 10.1. The van der Waals surface area contributed by atoms with Crippen molar-refractivity contribution in [2.75, 3.05) is 26.8 Å². The molecule has 4 heterocycles. The van der Waals surface area contributed by atoms with Crippen molar-refractivity contribution < 1.29 is 22.6 Å². The van der Waals surface area contributed by atoms with E-state index >= 15 is 0 Å². The second-order valence-electron chi connectivity index (χ2n) is 9.11. The zero-order valence-electron chi connectivity index (χ0n) is 20.8. The number of para-hydroxylation sites is 1. The number of halogens is 5. The van der Waals surface area contributed by atoms with Gasteiger partial charge >= 0.3 is 6.18 Å². The van der Waals surface area contributed by atoms with Crippen LogP contribution < -0.4 is 10.5 Å². The van der Waals surface area contributed by atoms with Crippen molar-refractivity contribution in [3.63, 3.8) is 0 Å². The zero-order chi connectivity index (χ0) is 25.4. The topological polar surface area (TPSA) is 90.8 Å². The number of benzene rings is 1. The van der Waals surface area contributed by atoms with Gasteiger partial charge in [0.1, 0.15) is 29.1 Å². The van der Waals surface area contributed by atoms with Gasteiger partial charge in [0.25, 0.3) is 0 Å². The van der Waals surface area contributed by atoms with E-state index in [0.29, 0.717) is 41.5 Å². The van der Waals surface area contributed by atoms with Crippen molar-refractivity contribution in [2.24, 2.45) is 5.73 Å². The van der Waals surface area contributed by atoms with Gasteiger partial charge in [-0.3, -0.25) is 9.30 Å². The van der Waals surface area contributed by atoms with Crippen LogP contribution in [0.2, 0.25) is 0 Å². The summed E-state index contributed by atoms with van der Waals surface area (Å²) in [6, 6.07) is 10.2. The van der Waals surface area contributed by atoms with Crippen molar-refractivity contribution in [3.8, 4) is 17.3 Å². The number of likely N-dealkylation sites (tertiary alicyclic amines) is 1. The van der Waals surface area contributed by atoms with E-state index in [2.05, 4.69) is 10.2 Å². The van der Waals surface area contributed by atoms with Crippen molar-refractivity contribution in [3.05, 3.63) is 54.2 Å². The van der Waals surface area contributed by atoms with Gasteiger partial charge in [-0.25, -0.2) is 4.98 Å². The summed E-state index contributed by atoms with van der Waals surface area (Å²) in [5.41, 5.74) is 7.51. The molecule has 13 heteroatoms. The lowest BCUT2D eigenvalue weighted by Gasteiger charge is -2.30. The van der Waals surface area contributed by atoms with E-state index in [1.807, 2.05) is 31.2 Å². The lowest BCUT2D eigenvalue weighted by molar-refractivity contribution is -0.183. The number of alkyl halides is 3. The van der Waals surface area contributed by atoms with Gasteiger partial charge in [0.15, 0.2) is 11.5 Å². The predicted octanol–water partition coefficient (Wildman–Crippen LogP) is 4.84. The summed E-state index contributed by atoms with van der Waals surface area (Å²) in [6.45, 7) is 2.78. The molecule has 3 atom stereocenters. The highest BCUT2D eigenvalue weighted by atomic mass is 35.5. The maximum atomic E-state index is 14.2. The summed E-state index contributed by atoms with van der Waals surface area (Å²) >= 11 is 0. The molecule has 206 valence electrons. The Kier molecular flexibility index (Phi) is 9.43. The Morgan fingerprint density at radius 3 is 2.58 bits per heavy atom. The van der Waals surface area contributed by atoms with E-state index in [-0.39, 0.29) is 55.6 Å². The summed E-state index contributed by atoms with van der Waals surface area (Å²) in [5, 5.41) is 9.25. The summed E-state index contributed by atoms with van der Waals surface area (Å²) in [4.78, 5) is 6.14. The molecule has 5 rings (SSSR count). The fourth-order valence-electron chi connectivity index (χ4n) is 4.73. The normalized spacial score (nSPS) is 17.7. The standard InChI is InChI=1S/C25H27F3N6O2.2ClH/c1-15(14-35-2)36-20-5-3-4-16-6-8-19(30-22(16)20)24-32-31-21-9-7-17(12-34(21)24)23(25(26,27)28)33-11-10-18(29)13-33;;/h3-9,12,15,18,23H,10-11,13-14,29H2,1-2H3;2*1H/t15?,18-,23+;;/m0../s1. The molecule has 1 unspecified atom stereocenters. The molecule has 0 saturated carbocycles. The Morgan fingerprint density at radius 1 is 1.11 bits per heavy atom. The molecule has 1 aliphatic heterocycles. The Balaban J connectivity index is 0.00000200. The third-order valence-electron chi connectivity index (χ3n) is 6.31. The lowest BCUT2D eigenvalue weighted by Crippen LogP contribution is -2.38. The van der Waals surface area contributed by atoms with Crippen LogP contribution >= 0.6 is 24.8 Å². The minimum absolute atomic E-state index is 0. The first-order valence-corrected chi connectivity index (χ1v) is 11.7. The van der Waals surface area contributed by atoms with E-state index in [0.717, 1.165) is 5.39 Å². The monoisotopic (exact) mass is 572 g/mol. The molecule has 38 heavy (non-hydrogen) atoms. The van der Waals surface area contributed by atoms with Gasteiger partial charge in [-0.1, -0.05) is 24.3 Å². The molecule has 1 aliphatic rings. The van der Waals surface area contributed by atoms with Crippen molar-refractivity contribution in [2.45, 2.75) is 37.7 Å². The zero-order valence-corrected chi connectivity index (χ0v) is 22.4. The summed E-state index contributed by atoms with van der Waals surface area (Å²) in [5.74, 6) is 0.920. The van der Waals surface area contributed by atoms with Crippen LogP contribution in [-0.2, 0) is 4.74 Å². The van der Waals surface area contributed by atoms with E-state index in [1.165, 1.54) is 17.2 Å². The van der Waals surface area contributed by atoms with Crippen LogP contribution in [0.3, 0.4) is 0 Å². The van der Waals surface area contributed by atoms with Crippen molar-refractivity contribution in [1.82, 2.24) is 24.5 Å². The van der Waals surface area contributed by atoms with Crippen LogP contribution in [-0.4, -0.2) is 69.6 Å². The molecule has 8 nitrogen and oxygen atoms in total. The first-order chi connectivity index (χ1) is 17.2. The maximum absolute atomic E-state index is 14.2. The number of nitrogens with two attached hydrogens (primary N) is 1. The largest absolute Gasteiger partial charge is 0.486 e. The van der Waals surface area contributed by atoms with Gasteiger partial charge < -0.3 is 15.2 Å². The second kappa shape index (κ2) is 12.0. The fraction of sp³-hybridized carbons (Fsp3) is 0.400. The Labute approximate surface area is 230 Å². The number of hydrogen-bond acceptors (Lipinski definition) is 7. The van der Waals surface area contributed by atoms with Crippen molar-refractivity contribution >= 4 is 41.4 Å². The van der Waals surface area contributed by atoms with E-state index in [4.69, 9.17) is 20.2 Å². The van der Waals surface area contributed by atoms with Gasteiger partial charge in [0.2, 0.25) is 0 Å². The molecule has 0 aliphatic carbocycles. The van der Waals surface area contributed by atoms with Gasteiger partial charge in [-0.15, -0.1) is 35.0 Å². The molecule has 3 aromatic heterocycles. The summed E-state index contributed by atoms with van der Waals surface area (Å²) < 4.78 is 55.2. The van der Waals surface area contributed by atoms with Crippen LogP contribution in [0.5, 0.6) is 5.75 Å². The smallest absolute Gasteiger partial charge is 0.408 e. The highest BCUT2D eigenvalue weighted by Gasteiger charge is 2.46. The third kappa shape index (κ3) is 5.97. The van der Waals surface area contributed by atoms with Crippen LogP contribution in [0.1, 0.15) is 24.9 Å². The number of hydrogen-bond donors (Lipinski definition) is 1. The Bertz CT molecular complexity index is 1390. The van der Waals surface area contributed by atoms with Gasteiger partial charge in [0, 0.05) is 37.8 Å². The molecular weight excluding hydrogens is 544 g/mol. The number of ether oxygens (including phenoxy) is 2. The molecule has 2 N–H and O–H groups in total. The molecule has 0 bridgehead atoms. The van der Waals surface area contributed by atoms with Crippen LogP contribution in [0.4, 0.5) is 13.2 Å². The molecule has 1 aromatic carbocycles. The molecule has 0 amide bonds. The van der Waals surface area contributed by atoms with Gasteiger partial charge in [-0.2, -0.15) is 13.2 Å². The summed E-state index contributed by atoms with van der Waals surface area (Å²) in [6.07, 6.45) is -2.68. The fourth-order valence-corrected chi connectivity index (χ4v) is 4.73. The first kappa shape index (κ1) is 29.9. The minimum Gasteiger partial charge on any atom is -0.486 e. The highest BCUT2D eigenvalue weighted by Crippen LogP contribution is 2.39. The average Bonchev–Trinajstić information content (AvgIpc) is 3.44. The number of aromatic nitrogens is 4. The van der Waals surface area contributed by atoms with Gasteiger partial charge in [-0.05, 0) is 37.1 Å². The average molecular weight is 573 g/mol. The van der Waals surface area contributed by atoms with Crippen molar-refractivity contribution in [1.29, 1.82) is 0 Å². The molecule has 1 saturated heterocycles. The molecule has 0 spiro atoms. The number of nitrogens with zero attached hydrogens (tertiary/aromatic N) is 5. The van der Waals surface area contributed by atoms with E-state index < -0.39 is 12.2 Å². The number of methoxy groups -OCH3 is 1. The minimum atomic E-state index is -4.46. The SMILES string of the molecule is COCC(C)Oc1cccc2ccc(-c3nnc4ccc([C@@H](N5CC[C@H](N)C5)C(F)(F)F)cn34)nc12.Cl.Cl. The molecule has 0 radical (unpaired) electrons.